The molecule has 6 heteroatoms. The lowest BCUT2D eigenvalue weighted by Gasteiger charge is -2.20. The Hall–Kier alpha value is -1.56. The van der Waals surface area contributed by atoms with Crippen LogP contribution in [0.25, 0.3) is 0 Å². The van der Waals surface area contributed by atoms with Crippen molar-refractivity contribution in [1.82, 2.24) is 14.9 Å². The van der Waals surface area contributed by atoms with Gasteiger partial charge in [-0.3, -0.25) is 0 Å². The molecule has 0 aromatic carbocycles. The first-order valence-corrected chi connectivity index (χ1v) is 6.29. The van der Waals surface area contributed by atoms with Crippen LogP contribution in [0, 0.1) is 5.41 Å². The highest BCUT2D eigenvalue weighted by Crippen LogP contribution is 2.48. The van der Waals surface area contributed by atoms with Crippen LogP contribution in [0.2, 0.25) is 0 Å². The van der Waals surface area contributed by atoms with Gasteiger partial charge in [-0.2, -0.15) is 0 Å². The predicted molar refractivity (Wildman–Crippen MR) is 69.4 cm³/mol. The van der Waals surface area contributed by atoms with Crippen LogP contribution >= 0.6 is 0 Å². The summed E-state index contributed by atoms with van der Waals surface area (Å²) in [6, 6.07) is 0.379. The van der Waals surface area contributed by atoms with E-state index >= 15 is 0 Å². The van der Waals surface area contributed by atoms with Crippen molar-refractivity contribution < 1.29 is 5.21 Å². The van der Waals surface area contributed by atoms with Crippen molar-refractivity contribution in [3.8, 4) is 0 Å². The van der Waals surface area contributed by atoms with E-state index in [0.717, 1.165) is 25.9 Å². The fourth-order valence-corrected chi connectivity index (χ4v) is 2.18. The van der Waals surface area contributed by atoms with Gasteiger partial charge in [0.25, 0.3) is 0 Å². The number of amidine groups is 1. The van der Waals surface area contributed by atoms with E-state index in [-0.39, 0.29) is 5.41 Å². The molecule has 1 unspecified atom stereocenters. The standard InChI is InChI=1S/C12H21N5O/c1-10(7-17-5-4-14-9-17)15-8-12(2-3-12)6-11(13)16-18/h4-5,9-10,15,18H,2-3,6-8H2,1H3,(H2,13,16). The summed E-state index contributed by atoms with van der Waals surface area (Å²) in [5.41, 5.74) is 5.78. The first-order chi connectivity index (χ1) is 8.63. The van der Waals surface area contributed by atoms with Crippen LogP contribution < -0.4 is 11.1 Å². The second-order valence-electron chi connectivity index (χ2n) is 5.31. The maximum Gasteiger partial charge on any atom is 0.139 e. The van der Waals surface area contributed by atoms with Crippen LogP contribution in [0.5, 0.6) is 0 Å². The number of nitrogens with two attached hydrogens (primary N) is 1. The molecule has 0 aliphatic heterocycles. The Bertz CT molecular complexity index is 397. The molecule has 6 nitrogen and oxygen atoms in total. The lowest BCUT2D eigenvalue weighted by atomic mass is 10.0. The van der Waals surface area contributed by atoms with E-state index in [1.807, 2.05) is 12.5 Å². The summed E-state index contributed by atoms with van der Waals surface area (Å²) in [7, 11) is 0. The number of imidazole rings is 1. The second-order valence-corrected chi connectivity index (χ2v) is 5.31. The van der Waals surface area contributed by atoms with Gasteiger partial charge in [-0.1, -0.05) is 5.16 Å². The number of nitrogens with zero attached hydrogens (tertiary/aromatic N) is 3. The van der Waals surface area contributed by atoms with Crippen molar-refractivity contribution in [2.45, 2.75) is 38.8 Å². The highest BCUT2D eigenvalue weighted by atomic mass is 16.4. The molecule has 100 valence electrons. The summed E-state index contributed by atoms with van der Waals surface area (Å²) in [4.78, 5) is 4.02. The smallest absolute Gasteiger partial charge is 0.139 e. The third kappa shape index (κ3) is 3.46. The summed E-state index contributed by atoms with van der Waals surface area (Å²) in [6.07, 6.45) is 8.53. The van der Waals surface area contributed by atoms with E-state index in [0.29, 0.717) is 18.3 Å². The van der Waals surface area contributed by atoms with E-state index in [1.54, 1.807) is 6.20 Å². The summed E-state index contributed by atoms with van der Waals surface area (Å²) < 4.78 is 2.06. The SMILES string of the molecule is CC(Cn1ccnc1)NCC1(CC(N)=NO)CC1. The molecular weight excluding hydrogens is 230 g/mol. The molecule has 1 atom stereocenters. The van der Waals surface area contributed by atoms with Crippen molar-refractivity contribution in [3.63, 3.8) is 0 Å². The Kier molecular flexibility index (Phi) is 3.86. The zero-order valence-corrected chi connectivity index (χ0v) is 10.7. The minimum atomic E-state index is 0.208. The van der Waals surface area contributed by atoms with Crippen LogP contribution in [0.15, 0.2) is 23.9 Å². The molecule has 2 rings (SSSR count). The van der Waals surface area contributed by atoms with Gasteiger partial charge in [-0.05, 0) is 25.2 Å². The molecule has 1 aliphatic rings. The van der Waals surface area contributed by atoms with Crippen LogP contribution in [-0.2, 0) is 6.54 Å². The molecular formula is C12H21N5O. The first kappa shape index (κ1) is 12.9. The van der Waals surface area contributed by atoms with E-state index in [9.17, 15) is 0 Å². The van der Waals surface area contributed by atoms with Crippen LogP contribution in [0.1, 0.15) is 26.2 Å². The number of hydrogen-bond acceptors (Lipinski definition) is 4. The average molecular weight is 251 g/mol. The van der Waals surface area contributed by atoms with Gasteiger partial charge in [0.1, 0.15) is 5.84 Å². The number of rotatable bonds is 7. The minimum Gasteiger partial charge on any atom is -0.409 e. The maximum absolute atomic E-state index is 8.61. The average Bonchev–Trinajstić information content (AvgIpc) is 2.92. The summed E-state index contributed by atoms with van der Waals surface area (Å²) >= 11 is 0. The second kappa shape index (κ2) is 5.39. The van der Waals surface area contributed by atoms with Gasteiger partial charge in [0.15, 0.2) is 0 Å². The third-order valence-electron chi connectivity index (χ3n) is 3.51. The molecule has 1 heterocycles. The lowest BCUT2D eigenvalue weighted by Crippen LogP contribution is -2.36. The molecule has 4 N–H and O–H groups in total. The Morgan fingerprint density at radius 1 is 1.67 bits per heavy atom. The van der Waals surface area contributed by atoms with Gasteiger partial charge in [-0.25, -0.2) is 4.98 Å². The van der Waals surface area contributed by atoms with Crippen molar-refractivity contribution in [3.05, 3.63) is 18.7 Å². The Morgan fingerprint density at radius 2 is 2.44 bits per heavy atom. The molecule has 0 spiro atoms. The Morgan fingerprint density at radius 3 is 3.00 bits per heavy atom. The van der Waals surface area contributed by atoms with Crippen LogP contribution in [-0.4, -0.2) is 33.2 Å². The quantitative estimate of drug-likeness (QED) is 0.289. The van der Waals surface area contributed by atoms with E-state index in [2.05, 4.69) is 26.9 Å². The van der Waals surface area contributed by atoms with E-state index in [4.69, 9.17) is 10.9 Å². The molecule has 1 saturated carbocycles. The van der Waals surface area contributed by atoms with E-state index < -0.39 is 0 Å². The fraction of sp³-hybridized carbons (Fsp3) is 0.667. The molecule has 0 amide bonds. The van der Waals surface area contributed by atoms with Crippen molar-refractivity contribution in [2.24, 2.45) is 16.3 Å². The zero-order chi connectivity index (χ0) is 13.0. The Balaban J connectivity index is 1.74. The van der Waals surface area contributed by atoms with Crippen molar-refractivity contribution in [2.75, 3.05) is 6.54 Å². The van der Waals surface area contributed by atoms with Gasteiger partial charge in [0, 0.05) is 37.9 Å². The van der Waals surface area contributed by atoms with Crippen LogP contribution in [0.4, 0.5) is 0 Å². The zero-order valence-electron chi connectivity index (χ0n) is 10.7. The van der Waals surface area contributed by atoms with Gasteiger partial charge in [-0.15, -0.1) is 0 Å². The highest BCUT2D eigenvalue weighted by Gasteiger charge is 2.43. The van der Waals surface area contributed by atoms with Gasteiger partial charge >= 0.3 is 0 Å². The summed E-state index contributed by atoms with van der Waals surface area (Å²) in [5, 5.41) is 15.2. The van der Waals surface area contributed by atoms with Gasteiger partial charge in [0.2, 0.25) is 0 Å². The molecule has 1 aromatic rings. The largest absolute Gasteiger partial charge is 0.409 e. The minimum absolute atomic E-state index is 0.208. The molecule has 0 bridgehead atoms. The molecule has 0 radical (unpaired) electrons. The van der Waals surface area contributed by atoms with Gasteiger partial charge < -0.3 is 20.8 Å². The molecule has 1 aliphatic carbocycles. The molecule has 1 aromatic heterocycles. The number of aromatic nitrogens is 2. The highest BCUT2D eigenvalue weighted by molar-refractivity contribution is 5.80. The third-order valence-corrected chi connectivity index (χ3v) is 3.51. The summed E-state index contributed by atoms with van der Waals surface area (Å²) in [5.74, 6) is 0.330. The maximum atomic E-state index is 8.61. The normalized spacial score (nSPS) is 19.7. The van der Waals surface area contributed by atoms with Gasteiger partial charge in [0.05, 0.1) is 6.33 Å². The Labute approximate surface area is 107 Å². The monoisotopic (exact) mass is 251 g/mol. The first-order valence-electron chi connectivity index (χ1n) is 6.29. The lowest BCUT2D eigenvalue weighted by molar-refractivity contribution is 0.313. The number of hydrogen-bond donors (Lipinski definition) is 3. The molecule has 0 saturated heterocycles. The van der Waals surface area contributed by atoms with Crippen molar-refractivity contribution in [1.29, 1.82) is 0 Å². The summed E-state index contributed by atoms with van der Waals surface area (Å²) in [6.45, 7) is 3.97. The molecule has 18 heavy (non-hydrogen) atoms. The van der Waals surface area contributed by atoms with E-state index in [1.165, 1.54) is 0 Å². The number of nitrogens with one attached hydrogen (secondary N) is 1. The van der Waals surface area contributed by atoms with Crippen LogP contribution in [0.3, 0.4) is 0 Å². The van der Waals surface area contributed by atoms with Crippen molar-refractivity contribution >= 4 is 5.84 Å². The number of oxime groups is 1. The topological polar surface area (TPSA) is 88.5 Å². The molecule has 1 fully saturated rings. The predicted octanol–water partition coefficient (Wildman–Crippen LogP) is 0.778. The fourth-order valence-electron chi connectivity index (χ4n) is 2.18.